The summed E-state index contributed by atoms with van der Waals surface area (Å²) in [5.41, 5.74) is 0. The Morgan fingerprint density at radius 1 is 1.29 bits per heavy atom. The van der Waals surface area contributed by atoms with Gasteiger partial charge in [0.25, 0.3) is 0 Å². The van der Waals surface area contributed by atoms with E-state index in [2.05, 4.69) is 41.5 Å². The summed E-state index contributed by atoms with van der Waals surface area (Å²) in [6, 6.07) is 0. The second-order valence-corrected chi connectivity index (χ2v) is 14.8. The van der Waals surface area contributed by atoms with Gasteiger partial charge in [0.05, 0.1) is 6.10 Å². The summed E-state index contributed by atoms with van der Waals surface area (Å²) >= 11 is 6.66. The van der Waals surface area contributed by atoms with Crippen molar-refractivity contribution in [3.63, 3.8) is 0 Å². The quantitative estimate of drug-likeness (QED) is 0.560. The monoisotopic (exact) mass is 394 g/mol. The summed E-state index contributed by atoms with van der Waals surface area (Å²) in [6.07, 6.45) is 2.29. The molecule has 0 unspecified atom stereocenters. The summed E-state index contributed by atoms with van der Waals surface area (Å²) in [5.74, 6) is -0.0511. The van der Waals surface area contributed by atoms with E-state index >= 15 is 0 Å². The zero-order valence-corrected chi connectivity index (χ0v) is 19.0. The zero-order chi connectivity index (χ0) is 18.8. The van der Waals surface area contributed by atoms with Crippen LogP contribution in [0.25, 0.3) is 0 Å². The van der Waals surface area contributed by atoms with E-state index in [1.54, 1.807) is 0 Å². The molecular formula is C17H34O4S2Si. The molecule has 7 heteroatoms. The highest BCUT2D eigenvalue weighted by atomic mass is 32.2. The Hall–Kier alpha value is 0.337. The molecule has 1 rings (SSSR count). The average molecular weight is 395 g/mol. The Balaban J connectivity index is 3.16. The summed E-state index contributed by atoms with van der Waals surface area (Å²) in [4.78, 5) is 0. The van der Waals surface area contributed by atoms with Gasteiger partial charge in [-0.25, -0.2) is 0 Å². The molecule has 24 heavy (non-hydrogen) atoms. The van der Waals surface area contributed by atoms with Crippen LogP contribution in [0.3, 0.4) is 0 Å². The van der Waals surface area contributed by atoms with Crippen LogP contribution in [0, 0.1) is 5.92 Å². The molecule has 0 amide bonds. The molecule has 0 spiro atoms. The van der Waals surface area contributed by atoms with Crippen LogP contribution in [-0.4, -0.2) is 49.7 Å². The van der Waals surface area contributed by atoms with Crippen molar-refractivity contribution in [1.82, 2.24) is 0 Å². The van der Waals surface area contributed by atoms with Crippen LogP contribution >= 0.6 is 24.0 Å². The molecule has 0 saturated carbocycles. The van der Waals surface area contributed by atoms with Crippen molar-refractivity contribution < 1.29 is 18.7 Å². The molecule has 1 aliphatic rings. The minimum Gasteiger partial charge on any atom is -0.472 e. The van der Waals surface area contributed by atoms with Crippen LogP contribution in [0.4, 0.5) is 0 Å². The highest BCUT2D eigenvalue weighted by Crippen LogP contribution is 2.54. The lowest BCUT2D eigenvalue weighted by Crippen LogP contribution is -2.63. The van der Waals surface area contributed by atoms with Crippen molar-refractivity contribution in [1.29, 1.82) is 0 Å². The van der Waals surface area contributed by atoms with Gasteiger partial charge in [0, 0.05) is 29.2 Å². The lowest BCUT2D eigenvalue weighted by molar-refractivity contribution is -0.0629. The van der Waals surface area contributed by atoms with Gasteiger partial charge in [-0.2, -0.15) is 0 Å². The maximum atomic E-state index is 9.67. The van der Waals surface area contributed by atoms with Crippen LogP contribution in [0.5, 0.6) is 0 Å². The Kier molecular flexibility index (Phi) is 7.79. The fraction of sp³-hybridized carbons (Fsp3) is 0.941. The van der Waals surface area contributed by atoms with Crippen LogP contribution in [0.1, 0.15) is 54.9 Å². The number of rotatable bonds is 4. The molecule has 0 aliphatic carbocycles. The molecule has 0 radical (unpaired) electrons. The Bertz CT molecular complexity index is 417. The maximum absolute atomic E-state index is 9.67. The lowest BCUT2D eigenvalue weighted by Gasteiger charge is -2.54. The van der Waals surface area contributed by atoms with Crippen molar-refractivity contribution in [3.8, 4) is 0 Å². The van der Waals surface area contributed by atoms with E-state index in [1.165, 1.54) is 11.8 Å². The van der Waals surface area contributed by atoms with Gasteiger partial charge in [-0.15, -0.1) is 0 Å². The zero-order valence-electron chi connectivity index (χ0n) is 16.3. The third-order valence-corrected chi connectivity index (χ3v) is 10.8. The molecule has 0 aromatic heterocycles. The van der Waals surface area contributed by atoms with E-state index in [0.29, 0.717) is 11.0 Å². The summed E-state index contributed by atoms with van der Waals surface area (Å²) in [6.45, 7) is 15.9. The molecule has 0 aromatic rings. The molecule has 4 nitrogen and oxygen atoms in total. The normalized spacial score (nSPS) is 24.3. The van der Waals surface area contributed by atoms with Gasteiger partial charge in [0.2, 0.25) is 4.38 Å². The molecule has 1 fully saturated rings. The highest BCUT2D eigenvalue weighted by molar-refractivity contribution is 8.22. The first-order valence-electron chi connectivity index (χ1n) is 8.57. The van der Waals surface area contributed by atoms with Crippen molar-refractivity contribution in [2.24, 2.45) is 5.92 Å². The number of aliphatic hydroxyl groups excluding tert-OH is 1. The minimum absolute atomic E-state index is 0.0436. The first kappa shape index (κ1) is 22.4. The number of ether oxygens (including phenoxy) is 1. The smallest absolute Gasteiger partial charge is 0.349 e. The summed E-state index contributed by atoms with van der Waals surface area (Å²) < 4.78 is 19.6. The molecule has 1 aliphatic heterocycles. The molecule has 0 bridgehead atoms. The Morgan fingerprint density at radius 2 is 1.83 bits per heavy atom. The van der Waals surface area contributed by atoms with E-state index in [1.807, 2.05) is 13.2 Å². The number of thioether (sulfide) groups is 1. The Labute approximate surface area is 158 Å². The molecule has 0 aromatic carbocycles. The SMILES string of the molecule is CSC(=S)O[C@@H]([C@H](C)CO)[C@H]1CCO[Si](C(C)(C)C)(C(C)(C)C)O1. The number of aliphatic hydroxyl groups is 1. The fourth-order valence-electron chi connectivity index (χ4n) is 3.59. The first-order chi connectivity index (χ1) is 10.9. The topological polar surface area (TPSA) is 47.9 Å². The average Bonchev–Trinajstić information content (AvgIpc) is 2.49. The molecule has 1 heterocycles. The third-order valence-electron chi connectivity index (χ3n) is 4.61. The van der Waals surface area contributed by atoms with Crippen molar-refractivity contribution in [3.05, 3.63) is 0 Å². The van der Waals surface area contributed by atoms with Crippen LogP contribution < -0.4 is 0 Å². The Morgan fingerprint density at radius 3 is 2.25 bits per heavy atom. The molecule has 1 saturated heterocycles. The number of hydrogen-bond acceptors (Lipinski definition) is 6. The van der Waals surface area contributed by atoms with E-state index in [9.17, 15) is 5.11 Å². The standard InChI is InChI=1S/C17H34O4S2Si/c1-12(11-18)14(20-15(22)23-8)13-9-10-19-24(21-13,16(2,3)4)17(5,6)7/h12-14,18H,9-11H2,1-8H3/t12-,13-,14+/m1/s1. The van der Waals surface area contributed by atoms with Gasteiger partial charge in [-0.05, 0) is 24.9 Å². The van der Waals surface area contributed by atoms with Gasteiger partial charge < -0.3 is 18.7 Å². The number of hydrogen-bond donors (Lipinski definition) is 1. The van der Waals surface area contributed by atoms with Gasteiger partial charge in [-0.1, -0.05) is 60.2 Å². The molecule has 142 valence electrons. The van der Waals surface area contributed by atoms with Crippen LogP contribution in [0.15, 0.2) is 0 Å². The van der Waals surface area contributed by atoms with Crippen molar-refractivity contribution in [2.75, 3.05) is 19.5 Å². The van der Waals surface area contributed by atoms with E-state index < -0.39 is 8.56 Å². The maximum Gasteiger partial charge on any atom is 0.349 e. The molecule has 1 N–H and O–H groups in total. The molecule has 3 atom stereocenters. The van der Waals surface area contributed by atoms with Gasteiger partial charge >= 0.3 is 8.56 Å². The first-order valence-corrected chi connectivity index (χ1v) is 12.0. The predicted molar refractivity (Wildman–Crippen MR) is 108 cm³/mol. The van der Waals surface area contributed by atoms with Gasteiger partial charge in [0.1, 0.15) is 6.10 Å². The van der Waals surface area contributed by atoms with Gasteiger partial charge in [-0.3, -0.25) is 0 Å². The van der Waals surface area contributed by atoms with Gasteiger partial charge in [0.15, 0.2) is 0 Å². The van der Waals surface area contributed by atoms with E-state index in [-0.39, 0.29) is 34.8 Å². The predicted octanol–water partition coefficient (Wildman–Crippen LogP) is 4.50. The summed E-state index contributed by atoms with van der Waals surface area (Å²) in [5, 5.41) is 9.52. The third kappa shape index (κ3) is 4.74. The van der Waals surface area contributed by atoms with Crippen LogP contribution in [0.2, 0.25) is 10.1 Å². The second kappa shape index (κ2) is 8.35. The molecular weight excluding hydrogens is 360 g/mol. The highest BCUT2D eigenvalue weighted by Gasteiger charge is 2.61. The van der Waals surface area contributed by atoms with Crippen LogP contribution in [-0.2, 0) is 13.6 Å². The van der Waals surface area contributed by atoms with Crippen molar-refractivity contribution in [2.45, 2.75) is 77.2 Å². The second-order valence-electron chi connectivity index (χ2n) is 8.61. The fourth-order valence-corrected chi connectivity index (χ4v) is 8.88. The van der Waals surface area contributed by atoms with Crippen molar-refractivity contribution >= 4 is 36.9 Å². The van der Waals surface area contributed by atoms with E-state index in [4.69, 9.17) is 25.8 Å². The number of thiocarbonyl (C=S) groups is 1. The minimum atomic E-state index is -2.54. The largest absolute Gasteiger partial charge is 0.472 e. The lowest BCUT2D eigenvalue weighted by atomic mass is 9.98. The summed E-state index contributed by atoms with van der Waals surface area (Å²) in [7, 11) is -2.54. The van der Waals surface area contributed by atoms with E-state index in [0.717, 1.165) is 6.42 Å².